The van der Waals surface area contributed by atoms with Gasteiger partial charge in [0, 0.05) is 12.6 Å². The molecule has 0 amide bonds. The second kappa shape index (κ2) is 6.98. The fraction of sp³-hybridized carbons (Fsp3) is 1.00. The summed E-state index contributed by atoms with van der Waals surface area (Å²) >= 11 is 0. The van der Waals surface area contributed by atoms with E-state index in [0.717, 1.165) is 0 Å². The van der Waals surface area contributed by atoms with Crippen molar-refractivity contribution in [3.05, 3.63) is 0 Å². The van der Waals surface area contributed by atoms with E-state index >= 15 is 0 Å². The van der Waals surface area contributed by atoms with Gasteiger partial charge < -0.3 is 22.6 Å². The van der Waals surface area contributed by atoms with Crippen LogP contribution in [-0.2, 0) is 4.74 Å². The average Bonchev–Trinajstić information content (AvgIpc) is 2.01. The third-order valence-corrected chi connectivity index (χ3v) is 2.49. The minimum absolute atomic E-state index is 0. The van der Waals surface area contributed by atoms with Crippen LogP contribution in [0.3, 0.4) is 0 Å². The summed E-state index contributed by atoms with van der Waals surface area (Å²) < 4.78 is 42.1. The predicted molar refractivity (Wildman–Crippen MR) is 50.1 cm³/mol. The minimum atomic E-state index is -4.72. The fourth-order valence-electron chi connectivity index (χ4n) is 1.78. The van der Waals surface area contributed by atoms with E-state index < -0.39 is 13.4 Å². The molecule has 84 valence electrons. The molecule has 1 rings (SSSR count). The van der Waals surface area contributed by atoms with E-state index in [0.29, 0.717) is 19.6 Å². The van der Waals surface area contributed by atoms with E-state index in [1.54, 1.807) is 0 Å². The number of nitrogens with zero attached hydrogens (tertiary/aromatic N) is 1. The zero-order chi connectivity index (χ0) is 10.8. The third-order valence-electron chi connectivity index (χ3n) is 2.49. The average molecular weight is 249 g/mol. The Bertz CT molecular complexity index is 193. The van der Waals surface area contributed by atoms with Gasteiger partial charge in [0.1, 0.15) is 0 Å². The topological polar surface area (TPSA) is 12.5 Å². The van der Waals surface area contributed by atoms with Crippen LogP contribution in [0.1, 0.15) is 20.3 Å². The molecule has 2 unspecified atom stereocenters. The van der Waals surface area contributed by atoms with Crippen LogP contribution in [0.4, 0.5) is 12.9 Å². The smallest absolute Gasteiger partial charge is 0.448 e. The Hall–Kier alpha value is 1.41. The summed E-state index contributed by atoms with van der Waals surface area (Å²) in [6, 6.07) is -0.0744. The predicted octanol–water partition coefficient (Wildman–Crippen LogP) is -1.12. The quantitative estimate of drug-likeness (QED) is 0.587. The number of ether oxygens (including phenoxy) is 1. The second-order valence-electron chi connectivity index (χ2n) is 3.87. The normalized spacial score (nSPS) is 28.6. The number of hydrogen-bond acceptors (Lipinski definition) is 2. The Morgan fingerprint density at radius 3 is 2.47 bits per heavy atom. The van der Waals surface area contributed by atoms with Crippen LogP contribution in [0.5, 0.6) is 0 Å². The van der Waals surface area contributed by atoms with E-state index in [-0.39, 0.29) is 63.5 Å². The molecule has 1 aliphatic heterocycles. The summed E-state index contributed by atoms with van der Waals surface area (Å²) in [5, 5.41) is 0. The molecular formula is C8H16BF3KNO. The number of morpholine rings is 1. The summed E-state index contributed by atoms with van der Waals surface area (Å²) in [4.78, 5) is 1.49. The van der Waals surface area contributed by atoms with Crippen LogP contribution >= 0.6 is 0 Å². The molecule has 0 aromatic heterocycles. The maximum atomic E-state index is 12.3. The van der Waals surface area contributed by atoms with Gasteiger partial charge in [-0.25, -0.2) is 0 Å². The van der Waals surface area contributed by atoms with E-state index in [4.69, 9.17) is 4.74 Å². The van der Waals surface area contributed by atoms with Gasteiger partial charge in [-0.3, -0.25) is 0 Å². The van der Waals surface area contributed by atoms with Crippen LogP contribution in [-0.4, -0.2) is 43.6 Å². The maximum Gasteiger partial charge on any atom is 1.00 e. The van der Waals surface area contributed by atoms with Gasteiger partial charge in [-0.2, -0.15) is 0 Å². The summed E-state index contributed by atoms with van der Waals surface area (Å²) in [6.07, 6.45) is -0.138. The molecule has 15 heavy (non-hydrogen) atoms. The maximum absolute atomic E-state index is 12.3. The molecule has 0 spiro atoms. The number of halogens is 3. The Balaban J connectivity index is 0.00000196. The Morgan fingerprint density at radius 2 is 2.00 bits per heavy atom. The van der Waals surface area contributed by atoms with Crippen molar-refractivity contribution in [1.82, 2.24) is 4.90 Å². The van der Waals surface area contributed by atoms with E-state index in [2.05, 4.69) is 0 Å². The zero-order valence-electron chi connectivity index (χ0n) is 9.55. The SMILES string of the molecule is CCC1COC(C)CN1C[B-](F)(F)F.[K+]. The van der Waals surface area contributed by atoms with Crippen molar-refractivity contribution in [3.8, 4) is 0 Å². The molecule has 1 fully saturated rings. The largest absolute Gasteiger partial charge is 1.00 e. The second-order valence-corrected chi connectivity index (χ2v) is 3.87. The monoisotopic (exact) mass is 249 g/mol. The Labute approximate surface area is 131 Å². The molecule has 1 aliphatic rings. The van der Waals surface area contributed by atoms with Gasteiger partial charge in [-0.15, -0.1) is 0 Å². The van der Waals surface area contributed by atoms with Gasteiger partial charge in [0.15, 0.2) is 0 Å². The van der Waals surface area contributed by atoms with E-state index in [1.165, 1.54) is 4.90 Å². The van der Waals surface area contributed by atoms with Crippen LogP contribution in [0, 0.1) is 0 Å². The minimum Gasteiger partial charge on any atom is -0.448 e. The van der Waals surface area contributed by atoms with Crippen LogP contribution < -0.4 is 51.4 Å². The molecule has 2 atom stereocenters. The van der Waals surface area contributed by atoms with Crippen LogP contribution in [0.15, 0.2) is 0 Å². The summed E-state index contributed by atoms with van der Waals surface area (Å²) in [5.41, 5.74) is 0. The van der Waals surface area contributed by atoms with Crippen LogP contribution in [0.2, 0.25) is 0 Å². The first-order valence-electron chi connectivity index (χ1n) is 4.99. The molecule has 7 heteroatoms. The fourth-order valence-corrected chi connectivity index (χ4v) is 1.78. The van der Waals surface area contributed by atoms with E-state index in [9.17, 15) is 12.9 Å². The molecule has 2 nitrogen and oxygen atoms in total. The summed E-state index contributed by atoms with van der Waals surface area (Å²) in [5.74, 6) is 0. The standard InChI is InChI=1S/C8H16BF3NO.K/c1-3-8-5-14-7(2)4-13(8)6-9(10,11)12;/h7-8H,3-6H2,1-2H3;/q-1;+1. The molecule has 0 radical (unpaired) electrons. The number of rotatable bonds is 3. The Kier molecular flexibility index (Phi) is 7.64. The molecular weight excluding hydrogens is 233 g/mol. The first-order chi connectivity index (χ1) is 6.42. The summed E-state index contributed by atoms with van der Waals surface area (Å²) in [7, 11) is 0. The molecule has 0 N–H and O–H groups in total. The van der Waals surface area contributed by atoms with Gasteiger partial charge in [0.2, 0.25) is 0 Å². The van der Waals surface area contributed by atoms with Crippen molar-refractivity contribution in [3.63, 3.8) is 0 Å². The van der Waals surface area contributed by atoms with Gasteiger partial charge in [-0.05, 0) is 19.8 Å². The van der Waals surface area contributed by atoms with Gasteiger partial charge in [0.25, 0.3) is 0 Å². The molecule has 0 bridgehead atoms. The first-order valence-corrected chi connectivity index (χ1v) is 4.99. The van der Waals surface area contributed by atoms with Gasteiger partial charge >= 0.3 is 58.4 Å². The van der Waals surface area contributed by atoms with E-state index in [1.807, 2.05) is 13.8 Å². The zero-order valence-corrected chi connectivity index (χ0v) is 12.7. The first kappa shape index (κ1) is 16.4. The molecule has 1 saturated heterocycles. The molecule has 1 heterocycles. The van der Waals surface area contributed by atoms with Crippen molar-refractivity contribution in [2.75, 3.05) is 19.6 Å². The van der Waals surface area contributed by atoms with Crippen molar-refractivity contribution in [1.29, 1.82) is 0 Å². The van der Waals surface area contributed by atoms with Gasteiger partial charge in [-0.1, -0.05) is 6.92 Å². The van der Waals surface area contributed by atoms with Crippen molar-refractivity contribution >= 4 is 6.98 Å². The molecule has 0 aromatic carbocycles. The van der Waals surface area contributed by atoms with Crippen molar-refractivity contribution in [2.45, 2.75) is 32.4 Å². The van der Waals surface area contributed by atoms with Crippen molar-refractivity contribution < 1.29 is 69.1 Å². The number of hydrogen-bond donors (Lipinski definition) is 0. The Morgan fingerprint density at radius 1 is 1.40 bits per heavy atom. The van der Waals surface area contributed by atoms with Crippen LogP contribution in [0.25, 0.3) is 0 Å². The molecule has 0 aromatic rings. The van der Waals surface area contributed by atoms with Gasteiger partial charge in [0.05, 0.1) is 12.7 Å². The summed E-state index contributed by atoms with van der Waals surface area (Å²) in [6.45, 7) is -0.210. The molecule has 0 aliphatic carbocycles. The third kappa shape index (κ3) is 6.05. The molecule has 0 saturated carbocycles. The van der Waals surface area contributed by atoms with Crippen molar-refractivity contribution in [2.24, 2.45) is 0 Å².